The Morgan fingerprint density at radius 3 is 2.67 bits per heavy atom. The number of nitrogens with one attached hydrogen (secondary N) is 2. The van der Waals surface area contributed by atoms with E-state index in [0.717, 1.165) is 5.56 Å². The molecule has 2 rings (SSSR count). The summed E-state index contributed by atoms with van der Waals surface area (Å²) in [6.45, 7) is 0.626. The van der Waals surface area contributed by atoms with Gasteiger partial charge >= 0.3 is 0 Å². The van der Waals surface area contributed by atoms with Gasteiger partial charge in [0.15, 0.2) is 5.03 Å². The fourth-order valence-corrected chi connectivity index (χ4v) is 3.33. The van der Waals surface area contributed by atoms with E-state index in [0.29, 0.717) is 21.7 Å². The summed E-state index contributed by atoms with van der Waals surface area (Å²) in [5.74, 6) is 0. The first-order chi connectivity index (χ1) is 9.94. The largest absolute Gasteiger partial charge is 0.316 e. The van der Waals surface area contributed by atoms with E-state index in [1.165, 1.54) is 12.3 Å². The first kappa shape index (κ1) is 16.2. The van der Waals surface area contributed by atoms with Crippen molar-refractivity contribution in [2.24, 2.45) is 0 Å². The Balaban J connectivity index is 2.27. The molecule has 1 aromatic heterocycles. The van der Waals surface area contributed by atoms with E-state index in [1.54, 1.807) is 24.3 Å². The molecule has 2 aromatic rings. The van der Waals surface area contributed by atoms with Crippen LogP contribution in [0.5, 0.6) is 0 Å². The Morgan fingerprint density at radius 1 is 1.29 bits per heavy atom. The monoisotopic (exact) mass is 389 g/mol. The molecule has 0 aliphatic heterocycles. The molecule has 112 valence electrons. The lowest BCUT2D eigenvalue weighted by Gasteiger charge is -2.10. The minimum atomic E-state index is -3.75. The Hall–Kier alpha value is -1.15. The molecule has 0 saturated carbocycles. The molecule has 0 radical (unpaired) electrons. The van der Waals surface area contributed by atoms with E-state index in [9.17, 15) is 8.42 Å². The van der Waals surface area contributed by atoms with E-state index in [1.807, 2.05) is 7.05 Å². The highest BCUT2D eigenvalue weighted by Gasteiger charge is 2.17. The summed E-state index contributed by atoms with van der Waals surface area (Å²) >= 11 is 9.19. The summed E-state index contributed by atoms with van der Waals surface area (Å²) in [6, 6.07) is 8.12. The number of nitrogens with zero attached hydrogens (tertiary/aromatic N) is 1. The van der Waals surface area contributed by atoms with Gasteiger partial charge in [-0.05, 0) is 46.7 Å². The third-order valence-electron chi connectivity index (χ3n) is 2.65. The van der Waals surface area contributed by atoms with Crippen molar-refractivity contribution in [2.75, 3.05) is 11.8 Å². The highest BCUT2D eigenvalue weighted by Crippen LogP contribution is 2.31. The number of hydrogen-bond acceptors (Lipinski definition) is 4. The summed E-state index contributed by atoms with van der Waals surface area (Å²) < 4.78 is 27.5. The summed E-state index contributed by atoms with van der Waals surface area (Å²) in [5, 5.41) is 3.35. The number of rotatable bonds is 5. The Labute approximate surface area is 136 Å². The first-order valence-electron chi connectivity index (χ1n) is 6.00. The molecular formula is C13H13BrClN3O2S. The van der Waals surface area contributed by atoms with Gasteiger partial charge in [0.2, 0.25) is 0 Å². The number of hydrogen-bond donors (Lipinski definition) is 2. The third-order valence-corrected chi connectivity index (χ3v) is 5.33. The molecule has 1 aromatic carbocycles. The van der Waals surface area contributed by atoms with Crippen molar-refractivity contribution in [3.05, 3.63) is 51.6 Å². The van der Waals surface area contributed by atoms with Gasteiger partial charge in [0, 0.05) is 12.7 Å². The molecule has 1 heterocycles. The molecule has 5 nitrogen and oxygen atoms in total. The normalized spacial score (nSPS) is 11.4. The minimum Gasteiger partial charge on any atom is -0.316 e. The van der Waals surface area contributed by atoms with Gasteiger partial charge in [0.1, 0.15) is 0 Å². The maximum atomic E-state index is 12.3. The molecule has 0 spiro atoms. The minimum absolute atomic E-state index is 0.0470. The molecular weight excluding hydrogens is 378 g/mol. The molecule has 0 aliphatic carbocycles. The zero-order valence-electron chi connectivity index (χ0n) is 11.1. The van der Waals surface area contributed by atoms with Gasteiger partial charge in [-0.15, -0.1) is 0 Å². The molecule has 0 aliphatic rings. The molecule has 0 fully saturated rings. The molecule has 0 amide bonds. The lowest BCUT2D eigenvalue weighted by molar-refractivity contribution is 0.597. The van der Waals surface area contributed by atoms with Crippen LogP contribution >= 0.6 is 27.5 Å². The van der Waals surface area contributed by atoms with Crippen molar-refractivity contribution in [1.29, 1.82) is 0 Å². The van der Waals surface area contributed by atoms with Crippen LogP contribution in [0.1, 0.15) is 5.56 Å². The predicted molar refractivity (Wildman–Crippen MR) is 87.0 cm³/mol. The highest BCUT2D eigenvalue weighted by molar-refractivity contribution is 9.10. The second-order valence-corrected chi connectivity index (χ2v) is 7.07. The fraction of sp³-hybridized carbons (Fsp3) is 0.154. The van der Waals surface area contributed by atoms with Crippen LogP contribution in [0.15, 0.2) is 46.0 Å². The SMILES string of the molecule is CNCc1ccc(S(=O)(=O)Nc2cccc(Cl)c2Br)nc1. The van der Waals surface area contributed by atoms with Crippen molar-refractivity contribution in [3.8, 4) is 0 Å². The molecule has 0 atom stereocenters. The number of halogens is 2. The molecule has 0 bridgehead atoms. The zero-order chi connectivity index (χ0) is 15.5. The van der Waals surface area contributed by atoms with Gasteiger partial charge in [-0.1, -0.05) is 23.7 Å². The topological polar surface area (TPSA) is 71.1 Å². The van der Waals surface area contributed by atoms with Crippen LogP contribution in [0, 0.1) is 0 Å². The number of aromatic nitrogens is 1. The van der Waals surface area contributed by atoms with Gasteiger partial charge in [0.05, 0.1) is 15.2 Å². The van der Waals surface area contributed by atoms with Gasteiger partial charge in [-0.3, -0.25) is 4.72 Å². The summed E-state index contributed by atoms with van der Waals surface area (Å²) in [5.41, 5.74) is 1.27. The van der Waals surface area contributed by atoms with Crippen LogP contribution in [-0.4, -0.2) is 20.4 Å². The standard InChI is InChI=1S/C13H13BrClN3O2S/c1-16-7-9-5-6-12(17-8-9)21(19,20)18-11-4-2-3-10(15)13(11)14/h2-6,8,16,18H,7H2,1H3. The van der Waals surface area contributed by atoms with Crippen LogP contribution < -0.4 is 10.0 Å². The maximum Gasteiger partial charge on any atom is 0.279 e. The van der Waals surface area contributed by atoms with Crippen LogP contribution in [0.2, 0.25) is 5.02 Å². The van der Waals surface area contributed by atoms with Crippen LogP contribution in [0.4, 0.5) is 5.69 Å². The summed E-state index contributed by atoms with van der Waals surface area (Å²) in [7, 11) is -1.95. The van der Waals surface area contributed by atoms with Crippen molar-refractivity contribution in [3.63, 3.8) is 0 Å². The Bertz CT molecular complexity index is 736. The molecule has 0 saturated heterocycles. The number of anilines is 1. The predicted octanol–water partition coefficient (Wildman–Crippen LogP) is 3.02. The molecule has 21 heavy (non-hydrogen) atoms. The van der Waals surface area contributed by atoms with Crippen molar-refractivity contribution >= 4 is 43.2 Å². The molecule has 8 heteroatoms. The van der Waals surface area contributed by atoms with Crippen molar-refractivity contribution in [2.45, 2.75) is 11.6 Å². The molecule has 2 N–H and O–H groups in total. The number of pyridine rings is 1. The van der Waals surface area contributed by atoms with Crippen LogP contribution in [0.25, 0.3) is 0 Å². The average molecular weight is 391 g/mol. The smallest absolute Gasteiger partial charge is 0.279 e. The second kappa shape index (κ2) is 6.74. The van der Waals surface area contributed by atoms with Crippen molar-refractivity contribution < 1.29 is 8.42 Å². The van der Waals surface area contributed by atoms with Crippen molar-refractivity contribution in [1.82, 2.24) is 10.3 Å². The Morgan fingerprint density at radius 2 is 2.05 bits per heavy atom. The lowest BCUT2D eigenvalue weighted by Crippen LogP contribution is -2.15. The fourth-order valence-electron chi connectivity index (χ4n) is 1.66. The highest BCUT2D eigenvalue weighted by atomic mass is 79.9. The van der Waals surface area contributed by atoms with Gasteiger partial charge in [-0.25, -0.2) is 4.98 Å². The van der Waals surface area contributed by atoms with Gasteiger partial charge < -0.3 is 5.32 Å². The summed E-state index contributed by atoms with van der Waals surface area (Å²) in [6.07, 6.45) is 1.53. The van der Waals surface area contributed by atoms with Crippen LogP contribution in [0.3, 0.4) is 0 Å². The van der Waals surface area contributed by atoms with E-state index in [2.05, 4.69) is 31.0 Å². The average Bonchev–Trinajstić information content (AvgIpc) is 2.45. The third kappa shape index (κ3) is 3.94. The van der Waals surface area contributed by atoms with E-state index >= 15 is 0 Å². The molecule has 0 unspecified atom stereocenters. The van der Waals surface area contributed by atoms with Gasteiger partial charge in [0.25, 0.3) is 10.0 Å². The lowest BCUT2D eigenvalue weighted by atomic mass is 10.3. The second-order valence-electron chi connectivity index (χ2n) is 4.24. The van der Waals surface area contributed by atoms with E-state index in [4.69, 9.17) is 11.6 Å². The maximum absolute atomic E-state index is 12.3. The first-order valence-corrected chi connectivity index (χ1v) is 8.66. The quantitative estimate of drug-likeness (QED) is 0.823. The van der Waals surface area contributed by atoms with E-state index < -0.39 is 10.0 Å². The summed E-state index contributed by atoms with van der Waals surface area (Å²) in [4.78, 5) is 3.98. The van der Waals surface area contributed by atoms with Crippen LogP contribution in [-0.2, 0) is 16.6 Å². The van der Waals surface area contributed by atoms with E-state index in [-0.39, 0.29) is 5.03 Å². The van der Waals surface area contributed by atoms with Gasteiger partial charge in [-0.2, -0.15) is 8.42 Å². The Kier molecular flexibility index (Phi) is 5.21. The number of sulfonamides is 1. The zero-order valence-corrected chi connectivity index (χ0v) is 14.3. The number of benzene rings is 1.